The lowest BCUT2D eigenvalue weighted by Gasteiger charge is -2.45. The van der Waals surface area contributed by atoms with Crippen LogP contribution >= 0.6 is 0 Å². The molecule has 0 saturated carbocycles. The molecule has 14 heavy (non-hydrogen) atoms. The van der Waals surface area contributed by atoms with Crippen molar-refractivity contribution in [2.75, 3.05) is 19.7 Å². The van der Waals surface area contributed by atoms with Crippen molar-refractivity contribution in [1.29, 1.82) is 0 Å². The molecule has 1 aliphatic rings. The maximum absolute atomic E-state index is 9.41. The van der Waals surface area contributed by atoms with Crippen LogP contribution in [0.15, 0.2) is 0 Å². The van der Waals surface area contributed by atoms with E-state index >= 15 is 0 Å². The molecule has 0 bridgehead atoms. The van der Waals surface area contributed by atoms with Crippen molar-refractivity contribution in [1.82, 2.24) is 4.90 Å². The first-order chi connectivity index (χ1) is 6.43. The van der Waals surface area contributed by atoms with Gasteiger partial charge in [-0.25, -0.2) is 0 Å². The van der Waals surface area contributed by atoms with E-state index in [1.54, 1.807) is 0 Å². The molecule has 0 spiro atoms. The summed E-state index contributed by atoms with van der Waals surface area (Å²) in [5.74, 6) is 0. The number of rotatable bonds is 2. The number of piperidine rings is 1. The van der Waals surface area contributed by atoms with Crippen molar-refractivity contribution in [2.45, 2.75) is 52.5 Å². The highest BCUT2D eigenvalue weighted by Crippen LogP contribution is 2.36. The van der Waals surface area contributed by atoms with Crippen LogP contribution in [0.5, 0.6) is 0 Å². The summed E-state index contributed by atoms with van der Waals surface area (Å²) in [5.41, 5.74) is 0.511. The molecule has 1 rings (SSSR count). The van der Waals surface area contributed by atoms with Crippen molar-refractivity contribution >= 4 is 0 Å². The zero-order valence-corrected chi connectivity index (χ0v) is 10.1. The van der Waals surface area contributed by atoms with Gasteiger partial charge in [-0.3, -0.25) is 4.90 Å². The third kappa shape index (κ3) is 2.48. The average Bonchev–Trinajstić information content (AvgIpc) is 2.16. The third-order valence-electron chi connectivity index (χ3n) is 3.86. The van der Waals surface area contributed by atoms with Crippen LogP contribution < -0.4 is 0 Å². The molecule has 1 fully saturated rings. The third-order valence-corrected chi connectivity index (χ3v) is 3.86. The predicted molar refractivity (Wildman–Crippen MR) is 60.4 cm³/mol. The van der Waals surface area contributed by atoms with E-state index < -0.39 is 0 Å². The summed E-state index contributed by atoms with van der Waals surface area (Å²) < 4.78 is 0. The lowest BCUT2D eigenvalue weighted by Crippen LogP contribution is -2.49. The average molecular weight is 199 g/mol. The lowest BCUT2D eigenvalue weighted by molar-refractivity contribution is 0.00675. The largest absolute Gasteiger partial charge is 0.396 e. The Morgan fingerprint density at radius 1 is 1.21 bits per heavy atom. The summed E-state index contributed by atoms with van der Waals surface area (Å²) >= 11 is 0. The van der Waals surface area contributed by atoms with Crippen LogP contribution in [0.1, 0.15) is 47.0 Å². The minimum absolute atomic E-state index is 0.224. The van der Waals surface area contributed by atoms with Crippen molar-refractivity contribution in [2.24, 2.45) is 5.41 Å². The second kappa shape index (κ2) is 4.19. The normalized spacial score (nSPS) is 23.8. The minimum atomic E-state index is 0.224. The van der Waals surface area contributed by atoms with Gasteiger partial charge in [0.1, 0.15) is 0 Å². The zero-order chi connectivity index (χ0) is 10.8. The van der Waals surface area contributed by atoms with Crippen LogP contribution in [0.3, 0.4) is 0 Å². The molecule has 1 heterocycles. The molecule has 0 aromatic carbocycles. The first-order valence-electron chi connectivity index (χ1n) is 5.79. The first-order valence-corrected chi connectivity index (χ1v) is 5.79. The quantitative estimate of drug-likeness (QED) is 0.737. The SMILES string of the molecule is CCC1(CO)CCN(C(C)(C)C)CC1. The highest BCUT2D eigenvalue weighted by molar-refractivity contribution is 4.88. The van der Waals surface area contributed by atoms with E-state index in [0.29, 0.717) is 6.61 Å². The van der Waals surface area contributed by atoms with Gasteiger partial charge in [0.15, 0.2) is 0 Å². The standard InChI is InChI=1S/C12H25NO/c1-5-12(10-14)6-8-13(9-7-12)11(2,3)4/h14H,5-10H2,1-4H3. The molecule has 0 aromatic heterocycles. The van der Waals surface area contributed by atoms with E-state index in [9.17, 15) is 5.11 Å². The van der Waals surface area contributed by atoms with Gasteiger partial charge >= 0.3 is 0 Å². The second-order valence-corrected chi connectivity index (χ2v) is 5.67. The molecule has 1 aliphatic heterocycles. The molecule has 2 nitrogen and oxygen atoms in total. The van der Waals surface area contributed by atoms with Crippen LogP contribution in [0.4, 0.5) is 0 Å². The predicted octanol–water partition coefficient (Wildman–Crippen LogP) is 2.27. The molecule has 84 valence electrons. The molecule has 2 heteroatoms. The van der Waals surface area contributed by atoms with Crippen LogP contribution in [-0.2, 0) is 0 Å². The van der Waals surface area contributed by atoms with E-state index in [-0.39, 0.29) is 11.0 Å². The Labute approximate surface area is 88.3 Å². The number of hydrogen-bond donors (Lipinski definition) is 1. The first kappa shape index (κ1) is 12.0. The van der Waals surface area contributed by atoms with Gasteiger partial charge in [-0.1, -0.05) is 6.92 Å². The summed E-state index contributed by atoms with van der Waals surface area (Å²) in [6.45, 7) is 11.6. The number of hydrogen-bond acceptors (Lipinski definition) is 2. The van der Waals surface area contributed by atoms with E-state index in [1.807, 2.05) is 0 Å². The number of aliphatic hydroxyl groups is 1. The molecule has 0 radical (unpaired) electrons. The van der Waals surface area contributed by atoms with E-state index in [0.717, 1.165) is 32.4 Å². The molecule has 1 N–H and O–H groups in total. The van der Waals surface area contributed by atoms with Gasteiger partial charge < -0.3 is 5.11 Å². The van der Waals surface area contributed by atoms with Crippen molar-refractivity contribution in [3.63, 3.8) is 0 Å². The molecular formula is C12H25NO. The second-order valence-electron chi connectivity index (χ2n) is 5.67. The fourth-order valence-corrected chi connectivity index (χ4v) is 2.28. The van der Waals surface area contributed by atoms with Gasteiger partial charge in [-0.2, -0.15) is 0 Å². The molecule has 1 saturated heterocycles. The molecule has 0 unspecified atom stereocenters. The smallest absolute Gasteiger partial charge is 0.0488 e. The Balaban J connectivity index is 2.53. The molecule has 0 aromatic rings. The summed E-state index contributed by atoms with van der Waals surface area (Å²) in [4.78, 5) is 2.52. The summed E-state index contributed by atoms with van der Waals surface area (Å²) in [6.07, 6.45) is 3.41. The van der Waals surface area contributed by atoms with Crippen molar-refractivity contribution in [3.8, 4) is 0 Å². The maximum atomic E-state index is 9.41. The van der Waals surface area contributed by atoms with Gasteiger partial charge in [-0.05, 0) is 58.5 Å². The summed E-state index contributed by atoms with van der Waals surface area (Å²) in [5, 5.41) is 9.41. The Morgan fingerprint density at radius 3 is 2.00 bits per heavy atom. The van der Waals surface area contributed by atoms with Gasteiger partial charge in [0.25, 0.3) is 0 Å². The lowest BCUT2D eigenvalue weighted by atomic mass is 9.76. The Hall–Kier alpha value is -0.0800. The minimum Gasteiger partial charge on any atom is -0.396 e. The van der Waals surface area contributed by atoms with Gasteiger partial charge in [0.05, 0.1) is 0 Å². The topological polar surface area (TPSA) is 23.5 Å². The number of nitrogens with zero attached hydrogens (tertiary/aromatic N) is 1. The molecule has 0 amide bonds. The van der Waals surface area contributed by atoms with Gasteiger partial charge in [-0.15, -0.1) is 0 Å². The molecule has 0 aliphatic carbocycles. The maximum Gasteiger partial charge on any atom is 0.0488 e. The summed E-state index contributed by atoms with van der Waals surface area (Å²) in [7, 11) is 0. The van der Waals surface area contributed by atoms with Crippen LogP contribution in [0.2, 0.25) is 0 Å². The van der Waals surface area contributed by atoms with Crippen molar-refractivity contribution < 1.29 is 5.11 Å². The van der Waals surface area contributed by atoms with Gasteiger partial charge in [0.2, 0.25) is 0 Å². The van der Waals surface area contributed by atoms with E-state index in [2.05, 4.69) is 32.6 Å². The van der Waals surface area contributed by atoms with Crippen LogP contribution in [0, 0.1) is 5.41 Å². The van der Waals surface area contributed by atoms with Crippen molar-refractivity contribution in [3.05, 3.63) is 0 Å². The Morgan fingerprint density at radius 2 is 1.71 bits per heavy atom. The summed E-state index contributed by atoms with van der Waals surface area (Å²) in [6, 6.07) is 0. The van der Waals surface area contributed by atoms with Gasteiger partial charge in [0, 0.05) is 12.1 Å². The Bertz CT molecular complexity index is 169. The molecular weight excluding hydrogens is 174 g/mol. The highest BCUT2D eigenvalue weighted by Gasteiger charge is 2.35. The van der Waals surface area contributed by atoms with E-state index in [1.165, 1.54) is 0 Å². The monoisotopic (exact) mass is 199 g/mol. The number of likely N-dealkylation sites (tertiary alicyclic amines) is 1. The number of aliphatic hydroxyl groups excluding tert-OH is 1. The fraction of sp³-hybridized carbons (Fsp3) is 1.00. The van der Waals surface area contributed by atoms with Crippen LogP contribution in [-0.4, -0.2) is 35.2 Å². The Kier molecular flexibility index (Phi) is 3.59. The molecule has 0 atom stereocenters. The van der Waals surface area contributed by atoms with E-state index in [4.69, 9.17) is 0 Å². The highest BCUT2D eigenvalue weighted by atomic mass is 16.3. The fourth-order valence-electron chi connectivity index (χ4n) is 2.28. The van der Waals surface area contributed by atoms with Crippen LogP contribution in [0.25, 0.3) is 0 Å². The zero-order valence-electron chi connectivity index (χ0n) is 10.1.